The van der Waals surface area contributed by atoms with Gasteiger partial charge in [-0.1, -0.05) is 6.92 Å². The standard InChI is InChI=1S/C11H20O3/c1-5-9(12)7-6-8(7)10(13)14-11(2,3)4/h7-9,12H,5-6H2,1-4H3/t7-,8-,9+/m0/s1. The van der Waals surface area contributed by atoms with Gasteiger partial charge in [-0.15, -0.1) is 0 Å². The molecule has 1 saturated carbocycles. The van der Waals surface area contributed by atoms with Gasteiger partial charge in [0.15, 0.2) is 0 Å². The molecule has 1 rings (SSSR count). The number of aliphatic hydroxyl groups excluding tert-OH is 1. The van der Waals surface area contributed by atoms with Crippen molar-refractivity contribution in [1.82, 2.24) is 0 Å². The Kier molecular flexibility index (Phi) is 3.20. The lowest BCUT2D eigenvalue weighted by molar-refractivity contribution is -0.157. The fourth-order valence-electron chi connectivity index (χ4n) is 1.59. The van der Waals surface area contributed by atoms with Crippen LogP contribution in [0.15, 0.2) is 0 Å². The molecule has 0 bridgehead atoms. The zero-order chi connectivity index (χ0) is 10.9. The van der Waals surface area contributed by atoms with Crippen molar-refractivity contribution in [2.24, 2.45) is 11.8 Å². The van der Waals surface area contributed by atoms with Crippen molar-refractivity contribution >= 4 is 5.97 Å². The summed E-state index contributed by atoms with van der Waals surface area (Å²) >= 11 is 0. The van der Waals surface area contributed by atoms with Gasteiger partial charge in [0.25, 0.3) is 0 Å². The molecule has 0 aromatic rings. The van der Waals surface area contributed by atoms with Gasteiger partial charge >= 0.3 is 5.97 Å². The highest BCUT2D eigenvalue weighted by molar-refractivity contribution is 5.76. The first-order valence-electron chi connectivity index (χ1n) is 5.26. The van der Waals surface area contributed by atoms with Gasteiger partial charge in [0.2, 0.25) is 0 Å². The van der Waals surface area contributed by atoms with E-state index in [1.807, 2.05) is 27.7 Å². The lowest BCUT2D eigenvalue weighted by Crippen LogP contribution is -2.26. The third-order valence-electron chi connectivity index (χ3n) is 2.46. The summed E-state index contributed by atoms with van der Waals surface area (Å²) in [5.74, 6) is -0.0889. The van der Waals surface area contributed by atoms with E-state index in [-0.39, 0.29) is 23.9 Å². The van der Waals surface area contributed by atoms with Crippen molar-refractivity contribution < 1.29 is 14.6 Å². The van der Waals surface area contributed by atoms with Crippen molar-refractivity contribution in [3.8, 4) is 0 Å². The highest BCUT2D eigenvalue weighted by atomic mass is 16.6. The number of ether oxygens (including phenoxy) is 1. The Morgan fingerprint density at radius 1 is 1.57 bits per heavy atom. The van der Waals surface area contributed by atoms with Crippen LogP contribution in [0.25, 0.3) is 0 Å². The number of esters is 1. The minimum atomic E-state index is -0.415. The molecule has 3 atom stereocenters. The van der Waals surface area contributed by atoms with E-state index in [1.54, 1.807) is 0 Å². The fraction of sp³-hybridized carbons (Fsp3) is 0.909. The maximum Gasteiger partial charge on any atom is 0.309 e. The van der Waals surface area contributed by atoms with Gasteiger partial charge in [-0.2, -0.15) is 0 Å². The number of carbonyl (C=O) groups excluding carboxylic acids is 1. The molecular weight excluding hydrogens is 180 g/mol. The second kappa shape index (κ2) is 3.89. The normalized spacial score (nSPS) is 28.4. The molecule has 0 heterocycles. The average Bonchev–Trinajstić information content (AvgIpc) is 2.78. The third-order valence-corrected chi connectivity index (χ3v) is 2.46. The predicted molar refractivity (Wildman–Crippen MR) is 53.7 cm³/mol. The molecule has 0 aliphatic heterocycles. The highest BCUT2D eigenvalue weighted by Gasteiger charge is 2.48. The van der Waals surface area contributed by atoms with Crippen LogP contribution in [0.5, 0.6) is 0 Å². The quantitative estimate of drug-likeness (QED) is 0.706. The van der Waals surface area contributed by atoms with Crippen molar-refractivity contribution in [2.45, 2.75) is 52.2 Å². The summed E-state index contributed by atoms with van der Waals surface area (Å²) < 4.78 is 5.24. The minimum Gasteiger partial charge on any atom is -0.460 e. The molecule has 82 valence electrons. The largest absolute Gasteiger partial charge is 0.460 e. The smallest absolute Gasteiger partial charge is 0.309 e. The Bertz CT molecular complexity index is 217. The Morgan fingerprint density at radius 2 is 2.14 bits per heavy atom. The predicted octanol–water partition coefficient (Wildman–Crippen LogP) is 1.74. The lowest BCUT2D eigenvalue weighted by Gasteiger charge is -2.19. The van der Waals surface area contributed by atoms with Crippen LogP contribution in [0.3, 0.4) is 0 Å². The fourth-order valence-corrected chi connectivity index (χ4v) is 1.59. The van der Waals surface area contributed by atoms with Crippen LogP contribution in [0.2, 0.25) is 0 Å². The van der Waals surface area contributed by atoms with E-state index in [2.05, 4.69) is 0 Å². The van der Waals surface area contributed by atoms with Gasteiger partial charge in [0.1, 0.15) is 5.60 Å². The van der Waals surface area contributed by atoms with Crippen molar-refractivity contribution in [1.29, 1.82) is 0 Å². The van der Waals surface area contributed by atoms with E-state index in [0.29, 0.717) is 6.42 Å². The van der Waals surface area contributed by atoms with Crippen LogP contribution in [0, 0.1) is 11.8 Å². The lowest BCUT2D eigenvalue weighted by atomic mass is 10.1. The molecule has 0 amide bonds. The summed E-state index contributed by atoms with van der Waals surface area (Å²) in [5.41, 5.74) is -0.415. The maximum absolute atomic E-state index is 11.5. The summed E-state index contributed by atoms with van der Waals surface area (Å²) in [6.45, 7) is 7.50. The van der Waals surface area contributed by atoms with Crippen LogP contribution >= 0.6 is 0 Å². The summed E-state index contributed by atoms with van der Waals surface area (Å²) in [5, 5.41) is 9.51. The van der Waals surface area contributed by atoms with Gasteiger partial charge in [-0.25, -0.2) is 0 Å². The van der Waals surface area contributed by atoms with Gasteiger partial charge in [0, 0.05) is 0 Å². The monoisotopic (exact) mass is 200 g/mol. The first-order chi connectivity index (χ1) is 6.35. The van der Waals surface area contributed by atoms with Crippen LogP contribution in [-0.2, 0) is 9.53 Å². The van der Waals surface area contributed by atoms with Gasteiger partial charge in [-0.3, -0.25) is 4.79 Å². The summed E-state index contributed by atoms with van der Waals surface area (Å²) in [4.78, 5) is 11.5. The SMILES string of the molecule is CC[C@@H](O)[C@H]1C[C@@H]1C(=O)OC(C)(C)C. The molecule has 3 heteroatoms. The molecule has 0 spiro atoms. The zero-order valence-corrected chi connectivity index (χ0v) is 9.41. The van der Waals surface area contributed by atoms with Crippen LogP contribution in [0.1, 0.15) is 40.5 Å². The minimum absolute atomic E-state index is 0.0656. The van der Waals surface area contributed by atoms with Crippen LogP contribution < -0.4 is 0 Å². The first kappa shape index (κ1) is 11.5. The first-order valence-corrected chi connectivity index (χ1v) is 5.26. The van der Waals surface area contributed by atoms with Gasteiger partial charge < -0.3 is 9.84 Å². The molecule has 3 nitrogen and oxygen atoms in total. The Balaban J connectivity index is 2.36. The van der Waals surface area contributed by atoms with E-state index in [0.717, 1.165) is 6.42 Å². The van der Waals surface area contributed by atoms with Crippen molar-refractivity contribution in [2.75, 3.05) is 0 Å². The molecule has 14 heavy (non-hydrogen) atoms. The number of hydrogen-bond acceptors (Lipinski definition) is 3. The zero-order valence-electron chi connectivity index (χ0n) is 9.41. The van der Waals surface area contributed by atoms with Crippen molar-refractivity contribution in [3.63, 3.8) is 0 Å². The van der Waals surface area contributed by atoms with E-state index in [4.69, 9.17) is 4.74 Å². The molecule has 0 saturated heterocycles. The molecule has 0 radical (unpaired) electrons. The number of rotatable bonds is 3. The topological polar surface area (TPSA) is 46.5 Å². The van der Waals surface area contributed by atoms with Crippen LogP contribution in [0.4, 0.5) is 0 Å². The number of hydrogen-bond donors (Lipinski definition) is 1. The second-order valence-corrected chi connectivity index (χ2v) is 5.02. The maximum atomic E-state index is 11.5. The molecule has 1 aliphatic carbocycles. The number of aliphatic hydroxyl groups is 1. The Labute approximate surface area is 85.5 Å². The Hall–Kier alpha value is -0.570. The van der Waals surface area contributed by atoms with Crippen molar-refractivity contribution in [3.05, 3.63) is 0 Å². The van der Waals surface area contributed by atoms with Gasteiger partial charge in [0.05, 0.1) is 12.0 Å². The van der Waals surface area contributed by atoms with E-state index >= 15 is 0 Å². The van der Waals surface area contributed by atoms with E-state index in [1.165, 1.54) is 0 Å². The second-order valence-electron chi connectivity index (χ2n) is 5.02. The highest BCUT2D eigenvalue weighted by Crippen LogP contribution is 2.43. The summed E-state index contributed by atoms with van der Waals surface area (Å²) in [7, 11) is 0. The molecule has 1 aliphatic rings. The summed E-state index contributed by atoms with van der Waals surface area (Å²) in [6.07, 6.45) is 1.15. The summed E-state index contributed by atoms with van der Waals surface area (Å²) in [6, 6.07) is 0. The Morgan fingerprint density at radius 3 is 2.57 bits per heavy atom. The molecular formula is C11H20O3. The van der Waals surface area contributed by atoms with Gasteiger partial charge in [-0.05, 0) is 39.5 Å². The molecule has 0 aromatic heterocycles. The van der Waals surface area contributed by atoms with E-state index < -0.39 is 5.60 Å². The molecule has 1 fully saturated rings. The van der Waals surface area contributed by atoms with Crippen LogP contribution in [-0.4, -0.2) is 22.8 Å². The molecule has 1 N–H and O–H groups in total. The average molecular weight is 200 g/mol. The molecule has 0 unspecified atom stereocenters. The van der Waals surface area contributed by atoms with E-state index in [9.17, 15) is 9.90 Å². The number of carbonyl (C=O) groups is 1. The third kappa shape index (κ3) is 2.98. The molecule has 0 aromatic carbocycles.